The third kappa shape index (κ3) is 1.36. The van der Waals surface area contributed by atoms with Crippen LogP contribution in [-0.4, -0.2) is 35.0 Å². The summed E-state index contributed by atoms with van der Waals surface area (Å²) in [6.07, 6.45) is 4.80. The first-order valence-electron chi connectivity index (χ1n) is 6.46. The van der Waals surface area contributed by atoms with E-state index >= 15 is 0 Å². The summed E-state index contributed by atoms with van der Waals surface area (Å²) in [7, 11) is 0. The summed E-state index contributed by atoms with van der Waals surface area (Å²) in [5.74, 6) is 0.225. The van der Waals surface area contributed by atoms with Crippen LogP contribution in [0.2, 0.25) is 0 Å². The minimum absolute atomic E-state index is 0.169. The maximum absolute atomic E-state index is 11.2. The summed E-state index contributed by atoms with van der Waals surface area (Å²) in [6.45, 7) is 3.35. The zero-order chi connectivity index (χ0) is 12.3. The average Bonchev–Trinajstić information content (AvgIpc) is 2.13. The van der Waals surface area contributed by atoms with E-state index in [1.165, 1.54) is 0 Å². The van der Waals surface area contributed by atoms with Crippen LogP contribution in [0.25, 0.3) is 0 Å². The molecule has 1 saturated heterocycles. The van der Waals surface area contributed by atoms with Gasteiger partial charge in [-0.25, -0.2) is 0 Å². The normalized spacial score (nSPS) is 40.4. The molecule has 1 aliphatic heterocycles. The quantitative estimate of drug-likeness (QED) is 0.791. The molecule has 0 atom stereocenters. The fourth-order valence-corrected chi connectivity index (χ4v) is 4.33. The maximum Gasteiger partial charge on any atom is 0.309 e. The number of carboxylic acid groups (broad SMARTS) is 1. The summed E-state index contributed by atoms with van der Waals surface area (Å²) in [4.78, 5) is 24.2. The molecule has 0 aromatic heterocycles. The molecule has 4 heteroatoms. The molecule has 0 aromatic carbocycles. The number of hydrogen-bond acceptors (Lipinski definition) is 2. The number of aliphatic carboxylic acids is 1. The van der Waals surface area contributed by atoms with Gasteiger partial charge in [-0.15, -0.1) is 0 Å². The van der Waals surface area contributed by atoms with Crippen LogP contribution >= 0.6 is 0 Å². The molecule has 2 bridgehead atoms. The lowest BCUT2D eigenvalue weighted by atomic mass is 9.31. The van der Waals surface area contributed by atoms with E-state index in [4.69, 9.17) is 5.11 Å². The third-order valence-corrected chi connectivity index (χ3v) is 5.33. The fraction of sp³-hybridized carbons (Fsp3) is 0.846. The zero-order valence-electron chi connectivity index (χ0n) is 10.2. The molecule has 4 fully saturated rings. The molecule has 17 heavy (non-hydrogen) atoms. The minimum Gasteiger partial charge on any atom is -0.481 e. The first kappa shape index (κ1) is 11.1. The van der Waals surface area contributed by atoms with Crippen molar-refractivity contribution in [2.75, 3.05) is 13.1 Å². The summed E-state index contributed by atoms with van der Waals surface area (Å²) in [6, 6.07) is 0. The molecule has 4 rings (SSSR count). The molecule has 0 aromatic rings. The summed E-state index contributed by atoms with van der Waals surface area (Å²) in [5, 5.41) is 9.11. The second kappa shape index (κ2) is 3.24. The number of piperidine rings is 1. The van der Waals surface area contributed by atoms with Gasteiger partial charge in [0.25, 0.3) is 0 Å². The van der Waals surface area contributed by atoms with E-state index in [-0.39, 0.29) is 11.3 Å². The smallest absolute Gasteiger partial charge is 0.309 e. The third-order valence-electron chi connectivity index (χ3n) is 5.33. The van der Waals surface area contributed by atoms with Crippen LogP contribution in [0, 0.1) is 16.7 Å². The van der Waals surface area contributed by atoms with Gasteiger partial charge in [-0.2, -0.15) is 0 Å². The molecule has 1 amide bonds. The van der Waals surface area contributed by atoms with Gasteiger partial charge in [-0.1, -0.05) is 0 Å². The molecule has 3 aliphatic carbocycles. The highest BCUT2D eigenvalue weighted by molar-refractivity contribution is 5.79. The van der Waals surface area contributed by atoms with Crippen LogP contribution < -0.4 is 0 Å². The number of likely N-dealkylation sites (tertiary alicyclic amines) is 1. The molecule has 0 unspecified atom stereocenters. The Morgan fingerprint density at radius 2 is 1.71 bits per heavy atom. The molecule has 4 aliphatic rings. The average molecular weight is 237 g/mol. The van der Waals surface area contributed by atoms with Crippen molar-refractivity contribution in [1.29, 1.82) is 0 Å². The number of nitrogens with zero attached hydrogens (tertiary/aromatic N) is 1. The van der Waals surface area contributed by atoms with Crippen molar-refractivity contribution in [3.05, 3.63) is 0 Å². The van der Waals surface area contributed by atoms with Crippen molar-refractivity contribution < 1.29 is 14.7 Å². The Balaban J connectivity index is 1.57. The Labute approximate surface area is 101 Å². The zero-order valence-corrected chi connectivity index (χ0v) is 10.2. The van der Waals surface area contributed by atoms with Gasteiger partial charge in [-0.05, 0) is 43.4 Å². The highest BCUT2D eigenvalue weighted by atomic mass is 16.4. The maximum atomic E-state index is 11.2. The molecular formula is C13H19NO3. The highest BCUT2D eigenvalue weighted by Gasteiger charge is 2.73. The topological polar surface area (TPSA) is 57.6 Å². The number of carboxylic acids is 1. The SMILES string of the molecule is CC(=O)N1CCC(C23CC(C(=O)O)(C2)C3)CC1. The number of carbonyl (C=O) groups is 2. The van der Waals surface area contributed by atoms with Crippen molar-refractivity contribution in [2.24, 2.45) is 16.7 Å². The van der Waals surface area contributed by atoms with Gasteiger partial charge in [0.1, 0.15) is 0 Å². The highest BCUT2D eigenvalue weighted by Crippen LogP contribution is 2.77. The number of hydrogen-bond donors (Lipinski definition) is 1. The van der Waals surface area contributed by atoms with Gasteiger partial charge in [0.15, 0.2) is 0 Å². The second-order valence-corrected chi connectivity index (χ2v) is 6.26. The summed E-state index contributed by atoms with van der Waals surface area (Å²) in [5.41, 5.74) is -0.0149. The second-order valence-electron chi connectivity index (χ2n) is 6.26. The van der Waals surface area contributed by atoms with Crippen LogP contribution in [0.1, 0.15) is 39.0 Å². The molecule has 1 heterocycles. The lowest BCUT2D eigenvalue weighted by Gasteiger charge is -2.72. The van der Waals surface area contributed by atoms with Crippen LogP contribution in [0.5, 0.6) is 0 Å². The Hall–Kier alpha value is -1.06. The fourth-order valence-electron chi connectivity index (χ4n) is 4.33. The number of amides is 1. The molecule has 1 N–H and O–H groups in total. The van der Waals surface area contributed by atoms with Crippen LogP contribution in [0.3, 0.4) is 0 Å². The predicted molar refractivity (Wildman–Crippen MR) is 61.3 cm³/mol. The first-order valence-corrected chi connectivity index (χ1v) is 6.46. The Kier molecular flexibility index (Phi) is 2.11. The van der Waals surface area contributed by atoms with E-state index in [9.17, 15) is 9.59 Å². The lowest BCUT2D eigenvalue weighted by molar-refractivity contribution is -0.247. The molecule has 94 valence electrons. The first-order chi connectivity index (χ1) is 7.97. The summed E-state index contributed by atoms with van der Waals surface area (Å²) >= 11 is 0. The lowest BCUT2D eigenvalue weighted by Crippen LogP contribution is -2.68. The molecule has 0 radical (unpaired) electrons. The van der Waals surface area contributed by atoms with Gasteiger partial charge in [0, 0.05) is 20.0 Å². The van der Waals surface area contributed by atoms with Gasteiger partial charge in [0.2, 0.25) is 5.91 Å². The molecule has 3 saturated carbocycles. The Morgan fingerprint density at radius 1 is 1.18 bits per heavy atom. The van der Waals surface area contributed by atoms with Gasteiger partial charge in [0.05, 0.1) is 5.41 Å². The van der Waals surface area contributed by atoms with E-state index in [2.05, 4.69) is 0 Å². The van der Waals surface area contributed by atoms with Crippen molar-refractivity contribution in [2.45, 2.75) is 39.0 Å². The predicted octanol–water partition coefficient (Wildman–Crippen LogP) is 1.50. The van der Waals surface area contributed by atoms with Crippen LogP contribution in [0.4, 0.5) is 0 Å². The van der Waals surface area contributed by atoms with Crippen molar-refractivity contribution in [3.63, 3.8) is 0 Å². The van der Waals surface area contributed by atoms with Crippen molar-refractivity contribution in [3.8, 4) is 0 Å². The number of carbonyl (C=O) groups excluding carboxylic acids is 1. The van der Waals surface area contributed by atoms with Crippen LogP contribution in [0.15, 0.2) is 0 Å². The van der Waals surface area contributed by atoms with Gasteiger partial charge < -0.3 is 10.0 Å². The van der Waals surface area contributed by atoms with E-state index < -0.39 is 5.97 Å². The van der Waals surface area contributed by atoms with E-state index in [1.54, 1.807) is 6.92 Å². The monoisotopic (exact) mass is 237 g/mol. The Bertz CT molecular complexity index is 362. The summed E-state index contributed by atoms with van der Waals surface area (Å²) < 4.78 is 0. The standard InChI is InChI=1S/C13H19NO3/c1-9(15)14-4-2-10(3-5-14)12-6-13(7-12,8-12)11(16)17/h10H,2-8H2,1H3,(H,16,17). The Morgan fingerprint density at radius 3 is 2.12 bits per heavy atom. The van der Waals surface area contributed by atoms with E-state index in [0.717, 1.165) is 45.2 Å². The van der Waals surface area contributed by atoms with Gasteiger partial charge >= 0.3 is 5.97 Å². The van der Waals surface area contributed by atoms with E-state index in [1.807, 2.05) is 4.90 Å². The van der Waals surface area contributed by atoms with Gasteiger partial charge in [-0.3, -0.25) is 9.59 Å². The number of rotatable bonds is 2. The van der Waals surface area contributed by atoms with Crippen molar-refractivity contribution >= 4 is 11.9 Å². The molecule has 4 nitrogen and oxygen atoms in total. The minimum atomic E-state index is -0.597. The molecule has 0 spiro atoms. The van der Waals surface area contributed by atoms with Crippen LogP contribution in [-0.2, 0) is 9.59 Å². The van der Waals surface area contributed by atoms with Crippen molar-refractivity contribution in [1.82, 2.24) is 4.90 Å². The molecular weight excluding hydrogens is 218 g/mol. The largest absolute Gasteiger partial charge is 0.481 e. The van der Waals surface area contributed by atoms with E-state index in [0.29, 0.717) is 11.3 Å².